The molecule has 1 aliphatic heterocycles. The monoisotopic (exact) mass is 307 g/mol. The number of ether oxygens (including phenoxy) is 1. The summed E-state index contributed by atoms with van der Waals surface area (Å²) >= 11 is 0. The molecule has 2 aliphatic carbocycles. The fourth-order valence-corrected chi connectivity index (χ4v) is 5.43. The Morgan fingerprint density at radius 2 is 1.45 bits per heavy atom. The van der Waals surface area contributed by atoms with Gasteiger partial charge in [0.25, 0.3) is 0 Å². The third-order valence-electron chi connectivity index (χ3n) is 7.39. The summed E-state index contributed by atoms with van der Waals surface area (Å²) in [6, 6.07) is 0.857. The molecule has 0 bridgehead atoms. The van der Waals surface area contributed by atoms with Gasteiger partial charge in [0, 0.05) is 13.2 Å². The first-order valence-corrected chi connectivity index (χ1v) is 9.89. The minimum atomic E-state index is 0.540. The topological polar surface area (TPSA) is 12.5 Å². The lowest BCUT2D eigenvalue weighted by atomic mass is 9.63. The Kier molecular flexibility index (Phi) is 5.50. The lowest BCUT2D eigenvalue weighted by Crippen LogP contribution is -2.47. The highest BCUT2D eigenvalue weighted by atomic mass is 16.5. The smallest absolute Gasteiger partial charge is 0.0572 e. The SMILES string of the molecule is COC1CCC(N2CCC3(CCC(C(C)C)CC3)CC2)CC1. The molecule has 3 rings (SSSR count). The van der Waals surface area contributed by atoms with E-state index in [1.165, 1.54) is 77.3 Å². The van der Waals surface area contributed by atoms with Gasteiger partial charge >= 0.3 is 0 Å². The molecule has 3 aliphatic rings. The molecular weight excluding hydrogens is 270 g/mol. The number of rotatable bonds is 3. The van der Waals surface area contributed by atoms with Crippen molar-refractivity contribution in [2.24, 2.45) is 17.3 Å². The van der Waals surface area contributed by atoms with Gasteiger partial charge in [0.1, 0.15) is 0 Å². The zero-order chi connectivity index (χ0) is 15.6. The van der Waals surface area contributed by atoms with E-state index in [1.807, 2.05) is 7.11 Å². The van der Waals surface area contributed by atoms with Crippen LogP contribution in [0, 0.1) is 17.3 Å². The van der Waals surface area contributed by atoms with Crippen molar-refractivity contribution in [1.29, 1.82) is 0 Å². The molecule has 2 heteroatoms. The minimum Gasteiger partial charge on any atom is -0.381 e. The summed E-state index contributed by atoms with van der Waals surface area (Å²) in [5, 5.41) is 0. The predicted octanol–water partition coefficient (Wildman–Crippen LogP) is 4.87. The Bertz CT molecular complexity index is 328. The first kappa shape index (κ1) is 16.8. The Labute approximate surface area is 138 Å². The molecule has 3 fully saturated rings. The molecule has 1 heterocycles. The van der Waals surface area contributed by atoms with Crippen LogP contribution in [-0.4, -0.2) is 37.2 Å². The van der Waals surface area contributed by atoms with E-state index in [1.54, 1.807) is 0 Å². The van der Waals surface area contributed by atoms with Crippen molar-refractivity contribution in [3.05, 3.63) is 0 Å². The minimum absolute atomic E-state index is 0.540. The first-order chi connectivity index (χ1) is 10.6. The van der Waals surface area contributed by atoms with Crippen molar-refractivity contribution in [1.82, 2.24) is 4.90 Å². The van der Waals surface area contributed by atoms with Crippen molar-refractivity contribution in [2.75, 3.05) is 20.2 Å². The maximum Gasteiger partial charge on any atom is 0.0572 e. The van der Waals surface area contributed by atoms with Crippen molar-refractivity contribution in [3.63, 3.8) is 0 Å². The molecule has 1 spiro atoms. The molecule has 22 heavy (non-hydrogen) atoms. The van der Waals surface area contributed by atoms with Gasteiger partial charge in [-0.05, 0) is 94.5 Å². The largest absolute Gasteiger partial charge is 0.381 e. The van der Waals surface area contributed by atoms with Crippen LogP contribution in [0.3, 0.4) is 0 Å². The van der Waals surface area contributed by atoms with E-state index < -0.39 is 0 Å². The van der Waals surface area contributed by atoms with E-state index in [2.05, 4.69) is 18.7 Å². The zero-order valence-corrected chi connectivity index (χ0v) is 15.2. The van der Waals surface area contributed by atoms with Gasteiger partial charge in [0.2, 0.25) is 0 Å². The van der Waals surface area contributed by atoms with Crippen LogP contribution in [0.15, 0.2) is 0 Å². The molecule has 128 valence electrons. The number of hydrogen-bond donors (Lipinski definition) is 0. The summed E-state index contributed by atoms with van der Waals surface area (Å²) < 4.78 is 5.53. The highest BCUT2D eigenvalue weighted by Crippen LogP contribution is 2.48. The van der Waals surface area contributed by atoms with E-state index in [0.717, 1.165) is 23.3 Å². The second-order valence-electron chi connectivity index (χ2n) is 8.78. The van der Waals surface area contributed by atoms with Crippen molar-refractivity contribution >= 4 is 0 Å². The number of nitrogens with zero attached hydrogens (tertiary/aromatic N) is 1. The predicted molar refractivity (Wildman–Crippen MR) is 93.1 cm³/mol. The van der Waals surface area contributed by atoms with Gasteiger partial charge in [-0.1, -0.05) is 13.8 Å². The Morgan fingerprint density at radius 1 is 0.864 bits per heavy atom. The molecule has 2 nitrogen and oxygen atoms in total. The Morgan fingerprint density at radius 3 is 1.95 bits per heavy atom. The van der Waals surface area contributed by atoms with E-state index in [4.69, 9.17) is 4.74 Å². The molecule has 0 aromatic carbocycles. The van der Waals surface area contributed by atoms with Gasteiger partial charge in [0.15, 0.2) is 0 Å². The molecule has 1 saturated heterocycles. The van der Waals surface area contributed by atoms with Crippen molar-refractivity contribution < 1.29 is 4.74 Å². The molecule has 0 radical (unpaired) electrons. The number of likely N-dealkylation sites (tertiary alicyclic amines) is 1. The van der Waals surface area contributed by atoms with E-state index in [0.29, 0.717) is 6.10 Å². The van der Waals surface area contributed by atoms with E-state index in [9.17, 15) is 0 Å². The molecule has 0 unspecified atom stereocenters. The fourth-order valence-electron chi connectivity index (χ4n) is 5.43. The second-order valence-corrected chi connectivity index (χ2v) is 8.78. The van der Waals surface area contributed by atoms with Gasteiger partial charge in [-0.15, -0.1) is 0 Å². The quantitative estimate of drug-likeness (QED) is 0.737. The maximum atomic E-state index is 5.53. The van der Waals surface area contributed by atoms with Gasteiger partial charge in [0.05, 0.1) is 6.10 Å². The molecule has 0 aromatic heterocycles. The van der Waals surface area contributed by atoms with Crippen LogP contribution in [0.2, 0.25) is 0 Å². The lowest BCUT2D eigenvalue weighted by Gasteiger charge is -2.49. The van der Waals surface area contributed by atoms with Crippen LogP contribution < -0.4 is 0 Å². The summed E-state index contributed by atoms with van der Waals surface area (Å²) in [5.41, 5.74) is 0.728. The van der Waals surface area contributed by atoms with Gasteiger partial charge in [-0.3, -0.25) is 0 Å². The van der Waals surface area contributed by atoms with Crippen molar-refractivity contribution in [3.8, 4) is 0 Å². The number of methoxy groups -OCH3 is 1. The summed E-state index contributed by atoms with van der Waals surface area (Å²) in [4.78, 5) is 2.83. The third-order valence-corrected chi connectivity index (χ3v) is 7.39. The Balaban J connectivity index is 1.45. The third kappa shape index (κ3) is 3.70. The summed E-state index contributed by atoms with van der Waals surface area (Å²) in [5.74, 6) is 1.90. The average Bonchev–Trinajstić information content (AvgIpc) is 2.56. The normalized spacial score (nSPS) is 34.4. The number of piperidine rings is 1. The molecular formula is C20H37NO. The standard InChI is InChI=1S/C20H37NO/c1-16(2)17-8-10-20(11-9-17)12-14-21(15-13-20)18-4-6-19(22-3)7-5-18/h16-19H,4-15H2,1-3H3. The molecule has 0 atom stereocenters. The zero-order valence-electron chi connectivity index (χ0n) is 15.2. The van der Waals surface area contributed by atoms with Crippen LogP contribution in [0.4, 0.5) is 0 Å². The molecule has 0 amide bonds. The summed E-state index contributed by atoms with van der Waals surface area (Å²) in [6.07, 6.45) is 14.8. The summed E-state index contributed by atoms with van der Waals surface area (Å²) in [6.45, 7) is 7.58. The maximum absolute atomic E-state index is 5.53. The van der Waals surface area contributed by atoms with E-state index in [-0.39, 0.29) is 0 Å². The van der Waals surface area contributed by atoms with Crippen LogP contribution in [-0.2, 0) is 4.74 Å². The molecule has 0 N–H and O–H groups in total. The Hall–Kier alpha value is -0.0800. The van der Waals surface area contributed by atoms with E-state index >= 15 is 0 Å². The van der Waals surface area contributed by atoms with Crippen LogP contribution in [0.25, 0.3) is 0 Å². The second kappa shape index (κ2) is 7.21. The molecule has 2 saturated carbocycles. The van der Waals surface area contributed by atoms with Gasteiger partial charge in [-0.2, -0.15) is 0 Å². The highest BCUT2D eigenvalue weighted by Gasteiger charge is 2.40. The average molecular weight is 308 g/mol. The van der Waals surface area contributed by atoms with Gasteiger partial charge in [-0.25, -0.2) is 0 Å². The lowest BCUT2D eigenvalue weighted by molar-refractivity contribution is -0.00163. The first-order valence-electron chi connectivity index (χ1n) is 9.89. The van der Waals surface area contributed by atoms with Crippen LogP contribution >= 0.6 is 0 Å². The van der Waals surface area contributed by atoms with Crippen molar-refractivity contribution in [2.45, 2.75) is 90.2 Å². The van der Waals surface area contributed by atoms with Gasteiger partial charge < -0.3 is 9.64 Å². The number of hydrogen-bond acceptors (Lipinski definition) is 2. The van der Waals surface area contributed by atoms with Crippen LogP contribution in [0.5, 0.6) is 0 Å². The highest BCUT2D eigenvalue weighted by molar-refractivity contribution is 4.93. The summed E-state index contributed by atoms with van der Waals surface area (Å²) in [7, 11) is 1.88. The van der Waals surface area contributed by atoms with Crippen LogP contribution in [0.1, 0.15) is 78.1 Å². The fraction of sp³-hybridized carbons (Fsp3) is 1.00. The molecule has 0 aromatic rings.